The van der Waals surface area contributed by atoms with Gasteiger partial charge in [0, 0.05) is 12.7 Å². The van der Waals surface area contributed by atoms with Crippen molar-refractivity contribution >= 4 is 16.9 Å². The Hall–Kier alpha value is -1.04. The smallest absolute Gasteiger partial charge is 0.185 e. The summed E-state index contributed by atoms with van der Waals surface area (Å²) < 4.78 is 16.2. The van der Waals surface area contributed by atoms with E-state index in [1.807, 2.05) is 31.2 Å². The summed E-state index contributed by atoms with van der Waals surface area (Å²) in [6.45, 7) is 6.34. The van der Waals surface area contributed by atoms with E-state index < -0.39 is 0 Å². The maximum atomic E-state index is 10.7. The number of rotatable bonds is 10. The summed E-state index contributed by atoms with van der Waals surface area (Å²) in [5.41, 5.74) is 1.22. The number of ether oxygens (including phenoxy) is 3. The summed E-state index contributed by atoms with van der Waals surface area (Å²) in [5, 5.41) is 0.123. The largest absolute Gasteiger partial charge is 0.491 e. The molecule has 1 rings (SSSR count). The number of aryl methyl sites for hydroxylation is 1. The van der Waals surface area contributed by atoms with Crippen LogP contribution in [-0.2, 0) is 14.3 Å². The zero-order valence-corrected chi connectivity index (χ0v) is 12.9. The topological polar surface area (TPSA) is 44.8 Å². The fourth-order valence-electron chi connectivity index (χ4n) is 1.42. The lowest BCUT2D eigenvalue weighted by Crippen LogP contribution is -2.11. The molecule has 0 atom stereocenters. The van der Waals surface area contributed by atoms with Crippen molar-refractivity contribution in [2.45, 2.75) is 13.8 Å². The Morgan fingerprint density at radius 1 is 1.00 bits per heavy atom. The van der Waals surface area contributed by atoms with Gasteiger partial charge in [0.05, 0.1) is 26.4 Å². The second-order valence-electron chi connectivity index (χ2n) is 4.23. The first-order valence-corrected chi connectivity index (χ1v) is 7.65. The molecule has 0 aromatic heterocycles. The van der Waals surface area contributed by atoms with E-state index in [0.717, 1.165) is 5.75 Å². The van der Waals surface area contributed by atoms with Crippen LogP contribution in [0, 0.1) is 6.92 Å². The summed E-state index contributed by atoms with van der Waals surface area (Å²) in [7, 11) is 0. The minimum absolute atomic E-state index is 0.123. The fourth-order valence-corrected chi connectivity index (χ4v) is 1.91. The lowest BCUT2D eigenvalue weighted by molar-refractivity contribution is -0.109. The number of carbonyl (C=O) groups excluding carboxylic acids is 1. The molecule has 0 aliphatic heterocycles. The van der Waals surface area contributed by atoms with Gasteiger partial charge in [-0.1, -0.05) is 29.5 Å². The van der Waals surface area contributed by atoms with Crippen molar-refractivity contribution in [1.29, 1.82) is 0 Å². The van der Waals surface area contributed by atoms with E-state index in [0.29, 0.717) is 38.8 Å². The molecule has 112 valence electrons. The highest BCUT2D eigenvalue weighted by molar-refractivity contribution is 8.13. The van der Waals surface area contributed by atoms with Crippen molar-refractivity contribution in [3.05, 3.63) is 29.8 Å². The Morgan fingerprint density at radius 3 is 2.25 bits per heavy atom. The summed E-state index contributed by atoms with van der Waals surface area (Å²) in [5.74, 6) is 1.56. The summed E-state index contributed by atoms with van der Waals surface area (Å²) >= 11 is 1.28. The molecule has 0 saturated carbocycles. The van der Waals surface area contributed by atoms with E-state index in [1.165, 1.54) is 17.3 Å². The van der Waals surface area contributed by atoms with Crippen molar-refractivity contribution in [2.24, 2.45) is 0 Å². The third-order valence-corrected chi connectivity index (χ3v) is 3.20. The van der Waals surface area contributed by atoms with Crippen LogP contribution in [0.15, 0.2) is 24.3 Å². The molecular weight excluding hydrogens is 276 g/mol. The molecule has 1 aromatic rings. The van der Waals surface area contributed by atoms with Gasteiger partial charge in [0.15, 0.2) is 5.12 Å². The molecule has 0 heterocycles. The highest BCUT2D eigenvalue weighted by Crippen LogP contribution is 2.10. The van der Waals surface area contributed by atoms with Crippen LogP contribution in [0.1, 0.15) is 12.5 Å². The molecule has 4 nitrogen and oxygen atoms in total. The number of hydrogen-bond acceptors (Lipinski definition) is 5. The molecule has 0 fully saturated rings. The second kappa shape index (κ2) is 10.7. The average Bonchev–Trinajstić information content (AvgIpc) is 2.42. The van der Waals surface area contributed by atoms with Crippen molar-refractivity contribution in [3.8, 4) is 5.75 Å². The van der Waals surface area contributed by atoms with Gasteiger partial charge >= 0.3 is 0 Å². The molecule has 0 aliphatic carbocycles. The Balaban J connectivity index is 1.87. The predicted octanol–water partition coefficient (Wildman–Crippen LogP) is 2.69. The highest BCUT2D eigenvalue weighted by atomic mass is 32.2. The molecular formula is C15H22O4S. The number of carbonyl (C=O) groups is 1. The third-order valence-electron chi connectivity index (χ3n) is 2.42. The van der Waals surface area contributed by atoms with Crippen molar-refractivity contribution < 1.29 is 19.0 Å². The van der Waals surface area contributed by atoms with Crippen LogP contribution in [-0.4, -0.2) is 43.9 Å². The van der Waals surface area contributed by atoms with Crippen LogP contribution in [0.4, 0.5) is 0 Å². The summed E-state index contributed by atoms with van der Waals surface area (Å²) in [6.07, 6.45) is 0. The highest BCUT2D eigenvalue weighted by Gasteiger charge is 1.96. The Labute approximate surface area is 124 Å². The number of hydrogen-bond donors (Lipinski definition) is 0. The van der Waals surface area contributed by atoms with Gasteiger partial charge in [0.2, 0.25) is 0 Å². The Kier molecular flexibility index (Phi) is 9.11. The SMILES string of the molecule is CC(=O)SCCOCCOCCOc1ccc(C)cc1. The molecule has 5 heteroatoms. The fraction of sp³-hybridized carbons (Fsp3) is 0.533. The van der Waals surface area contributed by atoms with Gasteiger partial charge in [0.1, 0.15) is 12.4 Å². The molecule has 0 unspecified atom stereocenters. The maximum absolute atomic E-state index is 10.7. The first kappa shape index (κ1) is 17.0. The van der Waals surface area contributed by atoms with Gasteiger partial charge in [-0.3, -0.25) is 4.79 Å². The van der Waals surface area contributed by atoms with Crippen LogP contribution in [0.3, 0.4) is 0 Å². The lowest BCUT2D eigenvalue weighted by Gasteiger charge is -2.07. The van der Waals surface area contributed by atoms with Gasteiger partial charge in [-0.2, -0.15) is 0 Å². The van der Waals surface area contributed by atoms with Gasteiger partial charge in [-0.25, -0.2) is 0 Å². The van der Waals surface area contributed by atoms with E-state index in [4.69, 9.17) is 14.2 Å². The average molecular weight is 298 g/mol. The lowest BCUT2D eigenvalue weighted by atomic mass is 10.2. The monoisotopic (exact) mass is 298 g/mol. The molecule has 0 bridgehead atoms. The Morgan fingerprint density at radius 2 is 1.60 bits per heavy atom. The first-order valence-electron chi connectivity index (χ1n) is 6.67. The van der Waals surface area contributed by atoms with E-state index in [9.17, 15) is 4.79 Å². The summed E-state index contributed by atoms with van der Waals surface area (Å²) in [6, 6.07) is 7.93. The zero-order valence-electron chi connectivity index (χ0n) is 12.1. The van der Waals surface area contributed by atoms with E-state index >= 15 is 0 Å². The quantitative estimate of drug-likeness (QED) is 0.621. The third kappa shape index (κ3) is 8.96. The maximum Gasteiger partial charge on any atom is 0.185 e. The van der Waals surface area contributed by atoms with E-state index in [-0.39, 0.29) is 5.12 Å². The van der Waals surface area contributed by atoms with E-state index in [1.54, 1.807) is 6.92 Å². The molecule has 0 aliphatic rings. The standard InChI is InChI=1S/C15H22O4S/c1-13-3-5-15(6-4-13)19-10-9-17-7-8-18-11-12-20-14(2)16/h3-6H,7-12H2,1-2H3. The molecule has 0 saturated heterocycles. The zero-order chi connectivity index (χ0) is 14.6. The minimum atomic E-state index is 0.123. The van der Waals surface area contributed by atoms with Crippen molar-refractivity contribution in [3.63, 3.8) is 0 Å². The van der Waals surface area contributed by atoms with Crippen LogP contribution in [0.2, 0.25) is 0 Å². The van der Waals surface area contributed by atoms with Gasteiger partial charge < -0.3 is 14.2 Å². The second-order valence-corrected chi connectivity index (χ2v) is 5.50. The van der Waals surface area contributed by atoms with Gasteiger partial charge in [-0.15, -0.1) is 0 Å². The molecule has 1 aromatic carbocycles. The van der Waals surface area contributed by atoms with Crippen LogP contribution >= 0.6 is 11.8 Å². The Bertz CT molecular complexity index is 378. The van der Waals surface area contributed by atoms with Crippen LogP contribution < -0.4 is 4.74 Å². The molecule has 0 spiro atoms. The van der Waals surface area contributed by atoms with Crippen molar-refractivity contribution in [2.75, 3.05) is 38.8 Å². The summed E-state index contributed by atoms with van der Waals surface area (Å²) in [4.78, 5) is 10.7. The van der Waals surface area contributed by atoms with Crippen LogP contribution in [0.25, 0.3) is 0 Å². The molecule has 0 amide bonds. The number of benzene rings is 1. The van der Waals surface area contributed by atoms with Crippen LogP contribution in [0.5, 0.6) is 5.75 Å². The van der Waals surface area contributed by atoms with Gasteiger partial charge in [-0.05, 0) is 19.1 Å². The van der Waals surface area contributed by atoms with Gasteiger partial charge in [0.25, 0.3) is 0 Å². The first-order chi connectivity index (χ1) is 9.68. The normalized spacial score (nSPS) is 10.5. The minimum Gasteiger partial charge on any atom is -0.491 e. The van der Waals surface area contributed by atoms with Crippen molar-refractivity contribution in [1.82, 2.24) is 0 Å². The molecule has 20 heavy (non-hydrogen) atoms. The number of thioether (sulfide) groups is 1. The molecule has 0 N–H and O–H groups in total. The predicted molar refractivity (Wildman–Crippen MR) is 81.5 cm³/mol. The molecule has 0 radical (unpaired) electrons. The van der Waals surface area contributed by atoms with E-state index in [2.05, 4.69) is 0 Å².